The SMILES string of the molecule is COC(=O)/C=C1\N(Cc2ccccc2)CCCN(Cc2ccccc2)C2=C(C(=O)c3ccccc3)C(=O)OC21c1ccccc1. The number of rotatable bonds is 8. The fourth-order valence-electron chi connectivity index (χ4n) is 6.22. The summed E-state index contributed by atoms with van der Waals surface area (Å²) < 4.78 is 11.7. The van der Waals surface area contributed by atoms with E-state index in [0.717, 1.165) is 11.1 Å². The molecule has 0 spiro atoms. The van der Waals surface area contributed by atoms with E-state index in [1.165, 1.54) is 13.2 Å². The average Bonchev–Trinajstić information content (AvgIpc) is 3.39. The summed E-state index contributed by atoms with van der Waals surface area (Å²) in [4.78, 5) is 45.9. The van der Waals surface area contributed by atoms with E-state index >= 15 is 0 Å². The fourth-order valence-corrected chi connectivity index (χ4v) is 6.22. The van der Waals surface area contributed by atoms with Gasteiger partial charge in [-0.05, 0) is 17.5 Å². The van der Waals surface area contributed by atoms with Crippen molar-refractivity contribution in [2.75, 3.05) is 20.2 Å². The van der Waals surface area contributed by atoms with Gasteiger partial charge in [0.2, 0.25) is 11.4 Å². The van der Waals surface area contributed by atoms with Crippen LogP contribution in [-0.2, 0) is 37.8 Å². The molecule has 0 aliphatic carbocycles. The number of ketones is 1. The standard InChI is InChI=1S/C38H34N2O5/c1-44-33(41)25-32-38(31-21-12-5-13-22-31)36(34(37(43)45-38)35(42)30-19-10-4-11-20-30)40(27-29-17-8-3-9-18-29)24-14-23-39(32)26-28-15-6-2-7-16-28/h2-13,15-22,25H,14,23-24,26-27H2,1H3/b32-25-. The summed E-state index contributed by atoms with van der Waals surface area (Å²) in [7, 11) is 1.32. The van der Waals surface area contributed by atoms with E-state index in [2.05, 4.69) is 9.80 Å². The minimum absolute atomic E-state index is 0.0432. The lowest BCUT2D eigenvalue weighted by atomic mass is 9.82. The minimum atomic E-state index is -1.61. The molecule has 45 heavy (non-hydrogen) atoms. The number of ether oxygens (including phenoxy) is 2. The molecule has 7 heteroatoms. The molecule has 1 fully saturated rings. The van der Waals surface area contributed by atoms with Gasteiger partial charge in [-0.25, -0.2) is 9.59 Å². The molecule has 4 aromatic carbocycles. The molecule has 1 saturated heterocycles. The lowest BCUT2D eigenvalue weighted by Gasteiger charge is -2.45. The van der Waals surface area contributed by atoms with E-state index in [1.54, 1.807) is 24.3 Å². The Balaban J connectivity index is 1.65. The highest BCUT2D eigenvalue weighted by molar-refractivity contribution is 6.26. The van der Waals surface area contributed by atoms with Gasteiger partial charge in [-0.3, -0.25) is 4.79 Å². The first-order chi connectivity index (χ1) is 22.0. The third kappa shape index (κ3) is 5.89. The van der Waals surface area contributed by atoms with Crippen LogP contribution in [0.25, 0.3) is 0 Å². The Labute approximate surface area is 263 Å². The van der Waals surface area contributed by atoms with Gasteiger partial charge in [-0.1, -0.05) is 121 Å². The van der Waals surface area contributed by atoms with Crippen molar-refractivity contribution >= 4 is 17.7 Å². The lowest BCUT2D eigenvalue weighted by Crippen LogP contribution is -2.48. The van der Waals surface area contributed by atoms with Crippen LogP contribution in [0, 0.1) is 0 Å². The molecule has 1 unspecified atom stereocenters. The van der Waals surface area contributed by atoms with Gasteiger partial charge in [0.05, 0.1) is 18.5 Å². The Morgan fingerprint density at radius 2 is 1.27 bits per heavy atom. The normalized spacial score (nSPS) is 19.0. The minimum Gasteiger partial charge on any atom is -0.466 e. The highest BCUT2D eigenvalue weighted by Crippen LogP contribution is 2.51. The first kappa shape index (κ1) is 29.6. The third-order valence-corrected chi connectivity index (χ3v) is 8.23. The molecule has 7 nitrogen and oxygen atoms in total. The number of Topliss-reactive ketones (excluding diaryl/α,β-unsaturated/α-hetero) is 1. The first-order valence-electron chi connectivity index (χ1n) is 15.0. The van der Waals surface area contributed by atoms with Crippen LogP contribution in [0.1, 0.15) is 33.5 Å². The van der Waals surface area contributed by atoms with Crippen molar-refractivity contribution < 1.29 is 23.9 Å². The van der Waals surface area contributed by atoms with Crippen molar-refractivity contribution in [2.24, 2.45) is 0 Å². The van der Waals surface area contributed by atoms with E-state index in [-0.39, 0.29) is 5.57 Å². The maximum atomic E-state index is 14.3. The molecule has 226 valence electrons. The van der Waals surface area contributed by atoms with Gasteiger partial charge in [-0.15, -0.1) is 0 Å². The lowest BCUT2D eigenvalue weighted by molar-refractivity contribution is -0.148. The first-order valence-corrected chi connectivity index (χ1v) is 15.0. The summed E-state index contributed by atoms with van der Waals surface area (Å²) >= 11 is 0. The van der Waals surface area contributed by atoms with Gasteiger partial charge >= 0.3 is 11.9 Å². The van der Waals surface area contributed by atoms with Crippen molar-refractivity contribution in [1.29, 1.82) is 0 Å². The predicted octanol–water partition coefficient (Wildman–Crippen LogP) is 6.04. The van der Waals surface area contributed by atoms with E-state index in [9.17, 15) is 14.4 Å². The number of carbonyl (C=O) groups excluding carboxylic acids is 3. The van der Waals surface area contributed by atoms with Crippen LogP contribution in [0.5, 0.6) is 0 Å². The van der Waals surface area contributed by atoms with E-state index in [1.807, 2.05) is 97.1 Å². The molecule has 2 heterocycles. The maximum absolute atomic E-state index is 14.3. The molecule has 0 bridgehead atoms. The van der Waals surface area contributed by atoms with Gasteiger partial charge in [0.25, 0.3) is 0 Å². The van der Waals surface area contributed by atoms with Crippen molar-refractivity contribution in [3.8, 4) is 0 Å². The molecule has 0 radical (unpaired) electrons. The summed E-state index contributed by atoms with van der Waals surface area (Å²) in [6, 6.07) is 38.0. The zero-order valence-electron chi connectivity index (χ0n) is 25.1. The predicted molar refractivity (Wildman–Crippen MR) is 170 cm³/mol. The number of esters is 2. The number of benzene rings is 4. The zero-order chi connectivity index (χ0) is 31.2. The molecule has 0 N–H and O–H groups in total. The second-order valence-corrected chi connectivity index (χ2v) is 11.1. The molecular weight excluding hydrogens is 564 g/mol. The van der Waals surface area contributed by atoms with Crippen LogP contribution in [0.3, 0.4) is 0 Å². The summed E-state index contributed by atoms with van der Waals surface area (Å²) in [6.45, 7) is 1.98. The van der Waals surface area contributed by atoms with Gasteiger partial charge in [0.1, 0.15) is 5.57 Å². The summed E-state index contributed by atoms with van der Waals surface area (Å²) in [5.74, 6) is -1.76. The smallest absolute Gasteiger partial charge is 0.345 e. The van der Waals surface area contributed by atoms with Gasteiger partial charge < -0.3 is 19.3 Å². The van der Waals surface area contributed by atoms with Crippen molar-refractivity contribution in [2.45, 2.75) is 25.1 Å². The molecule has 2 aliphatic heterocycles. The Morgan fingerprint density at radius 1 is 0.756 bits per heavy atom. The summed E-state index contributed by atoms with van der Waals surface area (Å²) in [5, 5.41) is 0. The summed E-state index contributed by atoms with van der Waals surface area (Å²) in [6.07, 6.45) is 2.10. The van der Waals surface area contributed by atoms with Crippen molar-refractivity contribution in [3.63, 3.8) is 0 Å². The number of methoxy groups -OCH3 is 1. The number of hydrogen-bond donors (Lipinski definition) is 0. The maximum Gasteiger partial charge on any atom is 0.345 e. The van der Waals surface area contributed by atoms with Crippen LogP contribution in [-0.4, -0.2) is 47.7 Å². The highest BCUT2D eigenvalue weighted by Gasteiger charge is 2.57. The molecule has 6 rings (SSSR count). The second-order valence-electron chi connectivity index (χ2n) is 11.1. The van der Waals surface area contributed by atoms with Crippen LogP contribution in [0.4, 0.5) is 0 Å². The van der Waals surface area contributed by atoms with Crippen LogP contribution in [0.2, 0.25) is 0 Å². The number of nitrogens with zero attached hydrogens (tertiary/aromatic N) is 2. The van der Waals surface area contributed by atoms with Crippen molar-refractivity contribution in [3.05, 3.63) is 167 Å². The van der Waals surface area contributed by atoms with E-state index in [0.29, 0.717) is 55.1 Å². The van der Waals surface area contributed by atoms with Crippen LogP contribution < -0.4 is 0 Å². The fraction of sp³-hybridized carbons (Fsp3) is 0.184. The molecule has 1 atom stereocenters. The highest BCUT2D eigenvalue weighted by atomic mass is 16.6. The monoisotopic (exact) mass is 598 g/mol. The van der Waals surface area contributed by atoms with E-state index < -0.39 is 23.3 Å². The molecule has 0 saturated carbocycles. The Hall–Kier alpha value is -5.43. The quantitative estimate of drug-likeness (QED) is 0.106. The average molecular weight is 599 g/mol. The Kier molecular flexibility index (Phi) is 8.60. The second kappa shape index (κ2) is 13.1. The van der Waals surface area contributed by atoms with Gasteiger partial charge in [0.15, 0.2) is 0 Å². The molecule has 0 aromatic heterocycles. The molecule has 2 aliphatic rings. The Bertz CT molecular complexity index is 1740. The summed E-state index contributed by atoms with van der Waals surface area (Å²) in [5.41, 5.74) is 2.23. The van der Waals surface area contributed by atoms with Gasteiger partial charge in [-0.2, -0.15) is 0 Å². The third-order valence-electron chi connectivity index (χ3n) is 8.23. The Morgan fingerprint density at radius 3 is 1.84 bits per heavy atom. The van der Waals surface area contributed by atoms with Gasteiger partial charge in [0, 0.05) is 43.4 Å². The number of hydrogen-bond acceptors (Lipinski definition) is 7. The van der Waals surface area contributed by atoms with Crippen LogP contribution >= 0.6 is 0 Å². The topological polar surface area (TPSA) is 76.2 Å². The number of fused-ring (bicyclic) bond motifs is 1. The number of carbonyl (C=O) groups is 3. The zero-order valence-corrected chi connectivity index (χ0v) is 25.1. The van der Waals surface area contributed by atoms with Crippen molar-refractivity contribution in [1.82, 2.24) is 9.80 Å². The molecular formula is C38H34N2O5. The van der Waals surface area contributed by atoms with E-state index in [4.69, 9.17) is 9.47 Å². The largest absolute Gasteiger partial charge is 0.466 e. The molecule has 0 amide bonds. The van der Waals surface area contributed by atoms with Crippen LogP contribution in [0.15, 0.2) is 144 Å². The molecule has 4 aromatic rings.